The second-order valence-electron chi connectivity index (χ2n) is 8.91. The number of carbonyl (C=O) groups excluding carboxylic acids is 2. The van der Waals surface area contributed by atoms with E-state index >= 15 is 0 Å². The average Bonchev–Trinajstić information content (AvgIpc) is 3.13. The van der Waals surface area contributed by atoms with Crippen molar-refractivity contribution < 1.29 is 22.7 Å². The number of ether oxygens (including phenoxy) is 1. The van der Waals surface area contributed by atoms with Gasteiger partial charge in [0.05, 0.1) is 28.8 Å². The molecule has 1 fully saturated rings. The summed E-state index contributed by atoms with van der Waals surface area (Å²) in [5, 5.41) is 7.42. The minimum atomic E-state index is -3.89. The van der Waals surface area contributed by atoms with Gasteiger partial charge in [-0.25, -0.2) is 17.9 Å². The van der Waals surface area contributed by atoms with Gasteiger partial charge in [0, 0.05) is 25.1 Å². The lowest BCUT2D eigenvalue weighted by molar-refractivity contribution is -0.121. The Hall–Kier alpha value is -2.72. The highest BCUT2D eigenvalue weighted by atomic mass is 32.2. The molecule has 0 bridgehead atoms. The number of aryl methyl sites for hydroxylation is 1. The quantitative estimate of drug-likeness (QED) is 0.684. The van der Waals surface area contributed by atoms with Gasteiger partial charge in [-0.3, -0.25) is 4.79 Å². The standard InChI is InChI=1S/C22H30N4O5S/c1-15-14-19(26(24-15)22(2,3)4)23-20(27)16-10-12-25(13-11-16)32(29,30)18-9-7-6-8-17(18)21(28)31-5/h6-9,14,16H,10-13H2,1-5H3,(H,23,27). The molecular formula is C22H30N4O5S. The summed E-state index contributed by atoms with van der Waals surface area (Å²) in [5.41, 5.74) is 0.516. The van der Waals surface area contributed by atoms with Crippen molar-refractivity contribution >= 4 is 27.7 Å². The number of amides is 1. The number of nitrogens with one attached hydrogen (secondary N) is 1. The first-order valence-corrected chi connectivity index (χ1v) is 11.9. The Labute approximate surface area is 188 Å². The van der Waals surface area contributed by atoms with Crippen LogP contribution in [0.25, 0.3) is 0 Å². The first-order chi connectivity index (χ1) is 14.9. The number of benzene rings is 1. The molecule has 0 atom stereocenters. The fourth-order valence-corrected chi connectivity index (χ4v) is 5.45. The SMILES string of the molecule is COC(=O)c1ccccc1S(=O)(=O)N1CCC(C(=O)Nc2cc(C)nn2C(C)(C)C)CC1. The Morgan fingerprint density at radius 3 is 2.38 bits per heavy atom. The zero-order chi connectivity index (χ0) is 23.7. The lowest BCUT2D eigenvalue weighted by Crippen LogP contribution is -2.42. The second kappa shape index (κ2) is 9.03. The van der Waals surface area contributed by atoms with E-state index in [2.05, 4.69) is 10.4 Å². The van der Waals surface area contributed by atoms with Gasteiger partial charge in [0.25, 0.3) is 0 Å². The third-order valence-corrected chi connectivity index (χ3v) is 7.41. The molecule has 0 unspecified atom stereocenters. The summed E-state index contributed by atoms with van der Waals surface area (Å²) in [4.78, 5) is 24.8. The first kappa shape index (κ1) is 23.9. The lowest BCUT2D eigenvalue weighted by atomic mass is 9.97. The summed E-state index contributed by atoms with van der Waals surface area (Å²) >= 11 is 0. The maximum absolute atomic E-state index is 13.2. The topological polar surface area (TPSA) is 111 Å². The molecule has 174 valence electrons. The zero-order valence-electron chi connectivity index (χ0n) is 19.1. The molecule has 1 amide bonds. The van der Waals surface area contributed by atoms with Crippen molar-refractivity contribution in [2.24, 2.45) is 5.92 Å². The molecule has 3 rings (SSSR count). The Kier molecular flexibility index (Phi) is 6.75. The van der Waals surface area contributed by atoms with Crippen molar-refractivity contribution in [3.05, 3.63) is 41.6 Å². The number of methoxy groups -OCH3 is 1. The molecule has 10 heteroatoms. The van der Waals surface area contributed by atoms with E-state index in [9.17, 15) is 18.0 Å². The second-order valence-corrected chi connectivity index (χ2v) is 10.8. The van der Waals surface area contributed by atoms with Gasteiger partial charge in [-0.15, -0.1) is 0 Å². The van der Waals surface area contributed by atoms with Gasteiger partial charge in [0.2, 0.25) is 15.9 Å². The van der Waals surface area contributed by atoms with Gasteiger partial charge in [0.15, 0.2) is 0 Å². The highest BCUT2D eigenvalue weighted by Gasteiger charge is 2.34. The van der Waals surface area contributed by atoms with Crippen molar-refractivity contribution in [2.75, 3.05) is 25.5 Å². The molecule has 0 radical (unpaired) electrons. The summed E-state index contributed by atoms with van der Waals surface area (Å²) in [6.07, 6.45) is 0.766. The number of esters is 1. The molecule has 0 spiro atoms. The van der Waals surface area contributed by atoms with Gasteiger partial charge >= 0.3 is 5.97 Å². The maximum atomic E-state index is 13.2. The largest absolute Gasteiger partial charge is 0.465 e. The monoisotopic (exact) mass is 462 g/mol. The molecule has 32 heavy (non-hydrogen) atoms. The van der Waals surface area contributed by atoms with E-state index in [1.54, 1.807) is 16.8 Å². The lowest BCUT2D eigenvalue weighted by Gasteiger charge is -2.31. The maximum Gasteiger partial charge on any atom is 0.339 e. The Morgan fingerprint density at radius 2 is 1.78 bits per heavy atom. The predicted molar refractivity (Wildman–Crippen MR) is 120 cm³/mol. The van der Waals surface area contributed by atoms with Crippen LogP contribution in [-0.4, -0.2) is 54.6 Å². The normalized spacial score (nSPS) is 16.0. The van der Waals surface area contributed by atoms with Crippen LogP contribution in [0, 0.1) is 12.8 Å². The van der Waals surface area contributed by atoms with Crippen LogP contribution in [0.1, 0.15) is 49.7 Å². The Bertz CT molecular complexity index is 1110. The van der Waals surface area contributed by atoms with Crippen molar-refractivity contribution in [3.8, 4) is 0 Å². The van der Waals surface area contributed by atoms with Crippen molar-refractivity contribution in [1.29, 1.82) is 0 Å². The minimum absolute atomic E-state index is 0.000628. The summed E-state index contributed by atoms with van der Waals surface area (Å²) in [5.74, 6) is -0.547. The van der Waals surface area contributed by atoms with E-state index in [0.29, 0.717) is 18.7 Å². The van der Waals surface area contributed by atoms with E-state index in [4.69, 9.17) is 4.74 Å². The van der Waals surface area contributed by atoms with Crippen LogP contribution < -0.4 is 5.32 Å². The number of anilines is 1. The third kappa shape index (κ3) is 4.86. The van der Waals surface area contributed by atoms with Crippen LogP contribution >= 0.6 is 0 Å². The van der Waals surface area contributed by atoms with E-state index in [1.165, 1.54) is 23.5 Å². The first-order valence-electron chi connectivity index (χ1n) is 10.5. The minimum Gasteiger partial charge on any atom is -0.465 e. The number of piperidine rings is 1. The highest BCUT2D eigenvalue weighted by molar-refractivity contribution is 7.89. The Morgan fingerprint density at radius 1 is 1.16 bits per heavy atom. The van der Waals surface area contributed by atoms with Gasteiger partial charge in [-0.05, 0) is 52.7 Å². The number of aromatic nitrogens is 2. The Balaban J connectivity index is 1.71. The van der Waals surface area contributed by atoms with Gasteiger partial charge in [-0.2, -0.15) is 9.40 Å². The molecule has 1 aromatic carbocycles. The molecule has 0 saturated carbocycles. The van der Waals surface area contributed by atoms with Crippen molar-refractivity contribution in [1.82, 2.24) is 14.1 Å². The molecule has 1 aliphatic heterocycles. The van der Waals surface area contributed by atoms with Gasteiger partial charge in [0.1, 0.15) is 5.82 Å². The van der Waals surface area contributed by atoms with Gasteiger partial charge < -0.3 is 10.1 Å². The number of carbonyl (C=O) groups is 2. The molecule has 2 heterocycles. The molecule has 1 aliphatic rings. The summed E-state index contributed by atoms with van der Waals surface area (Å²) in [6, 6.07) is 7.81. The van der Waals surface area contributed by atoms with Crippen LogP contribution in [0.4, 0.5) is 5.82 Å². The van der Waals surface area contributed by atoms with Crippen LogP contribution in [0.5, 0.6) is 0 Å². The van der Waals surface area contributed by atoms with E-state index < -0.39 is 16.0 Å². The molecule has 1 aromatic heterocycles. The summed E-state index contributed by atoms with van der Waals surface area (Å²) < 4.78 is 34.1. The van der Waals surface area contributed by atoms with E-state index in [-0.39, 0.29) is 40.9 Å². The summed E-state index contributed by atoms with van der Waals surface area (Å²) in [6.45, 7) is 8.26. The fourth-order valence-electron chi connectivity index (χ4n) is 3.80. The smallest absolute Gasteiger partial charge is 0.339 e. The number of nitrogens with zero attached hydrogens (tertiary/aromatic N) is 3. The van der Waals surface area contributed by atoms with Crippen LogP contribution in [0.15, 0.2) is 35.2 Å². The van der Waals surface area contributed by atoms with Crippen molar-refractivity contribution in [3.63, 3.8) is 0 Å². The number of hydrogen-bond donors (Lipinski definition) is 1. The molecule has 1 N–H and O–H groups in total. The van der Waals surface area contributed by atoms with Crippen LogP contribution in [0.2, 0.25) is 0 Å². The number of hydrogen-bond acceptors (Lipinski definition) is 6. The van der Waals surface area contributed by atoms with E-state index in [1.807, 2.05) is 33.8 Å². The average molecular weight is 463 g/mol. The van der Waals surface area contributed by atoms with Crippen LogP contribution in [0.3, 0.4) is 0 Å². The predicted octanol–water partition coefficient (Wildman–Crippen LogP) is 2.77. The molecular weight excluding hydrogens is 432 g/mol. The van der Waals surface area contributed by atoms with Crippen LogP contribution in [-0.2, 0) is 25.1 Å². The third-order valence-electron chi connectivity index (χ3n) is 5.45. The number of sulfonamides is 1. The fraction of sp³-hybridized carbons (Fsp3) is 0.500. The van der Waals surface area contributed by atoms with Gasteiger partial charge in [-0.1, -0.05) is 12.1 Å². The molecule has 1 saturated heterocycles. The molecule has 9 nitrogen and oxygen atoms in total. The highest BCUT2D eigenvalue weighted by Crippen LogP contribution is 2.28. The molecule has 2 aromatic rings. The van der Waals surface area contributed by atoms with E-state index in [0.717, 1.165) is 5.69 Å². The zero-order valence-corrected chi connectivity index (χ0v) is 19.9. The number of rotatable bonds is 5. The van der Waals surface area contributed by atoms with Crippen molar-refractivity contribution in [2.45, 2.75) is 51.0 Å². The summed E-state index contributed by atoms with van der Waals surface area (Å²) in [7, 11) is -2.68. The molecule has 0 aliphatic carbocycles.